The molecule has 1 fully saturated rings. The van der Waals surface area contributed by atoms with Crippen molar-refractivity contribution in [1.29, 1.82) is 0 Å². The zero-order chi connectivity index (χ0) is 20.6. The summed E-state index contributed by atoms with van der Waals surface area (Å²) in [5.74, 6) is -0.847. The number of likely N-dealkylation sites (tertiary alicyclic amines) is 1. The molecule has 1 saturated heterocycles. The van der Waals surface area contributed by atoms with Crippen molar-refractivity contribution in [3.63, 3.8) is 0 Å². The molecule has 29 heavy (non-hydrogen) atoms. The molecule has 1 aliphatic heterocycles. The number of benzene rings is 1. The Morgan fingerprint density at radius 1 is 1.14 bits per heavy atom. The maximum absolute atomic E-state index is 12.7. The van der Waals surface area contributed by atoms with E-state index >= 15 is 0 Å². The monoisotopic (exact) mass is 394 g/mol. The quantitative estimate of drug-likeness (QED) is 0.781. The molecule has 0 spiro atoms. The van der Waals surface area contributed by atoms with E-state index in [0.29, 0.717) is 31.6 Å². The van der Waals surface area contributed by atoms with Crippen LogP contribution in [0.2, 0.25) is 0 Å². The van der Waals surface area contributed by atoms with Gasteiger partial charge in [0.05, 0.1) is 5.92 Å². The molecular formula is C22H26N4O3. The van der Waals surface area contributed by atoms with Gasteiger partial charge in [-0.3, -0.25) is 19.4 Å². The minimum atomic E-state index is -0.641. The van der Waals surface area contributed by atoms with Gasteiger partial charge >= 0.3 is 0 Å². The zero-order valence-electron chi connectivity index (χ0n) is 16.5. The van der Waals surface area contributed by atoms with Crippen molar-refractivity contribution in [3.05, 3.63) is 66.0 Å². The van der Waals surface area contributed by atoms with Crippen LogP contribution in [0.5, 0.6) is 0 Å². The minimum Gasteiger partial charge on any atom is -0.350 e. The second kappa shape index (κ2) is 9.82. The number of nitrogens with one attached hydrogen (secondary N) is 2. The number of aromatic nitrogens is 1. The third kappa shape index (κ3) is 5.63. The largest absolute Gasteiger partial charge is 0.350 e. The van der Waals surface area contributed by atoms with Gasteiger partial charge in [0.25, 0.3) is 5.91 Å². The van der Waals surface area contributed by atoms with Crippen LogP contribution in [0, 0.1) is 5.92 Å². The number of amides is 3. The van der Waals surface area contributed by atoms with Gasteiger partial charge in [-0.25, -0.2) is 0 Å². The fourth-order valence-corrected chi connectivity index (χ4v) is 3.39. The normalized spacial score (nSPS) is 17.3. The van der Waals surface area contributed by atoms with Gasteiger partial charge in [-0.15, -0.1) is 0 Å². The Labute approximate surface area is 170 Å². The van der Waals surface area contributed by atoms with E-state index in [9.17, 15) is 14.4 Å². The SMILES string of the molecule is CC(NC(=O)C1CCCN(C(=O)c2ccncc2)C1)C(=O)NCc1ccccc1. The Bertz CT molecular complexity index is 842. The van der Waals surface area contributed by atoms with E-state index in [-0.39, 0.29) is 23.6 Å². The molecule has 0 aliphatic carbocycles. The molecular weight excluding hydrogens is 368 g/mol. The first-order chi connectivity index (χ1) is 14.0. The third-order valence-corrected chi connectivity index (χ3v) is 5.07. The Morgan fingerprint density at radius 3 is 2.59 bits per heavy atom. The molecule has 0 radical (unpaired) electrons. The molecule has 2 unspecified atom stereocenters. The summed E-state index contributed by atoms with van der Waals surface area (Å²) < 4.78 is 0. The van der Waals surface area contributed by atoms with E-state index < -0.39 is 6.04 Å². The molecule has 1 aromatic heterocycles. The molecule has 0 bridgehead atoms. The van der Waals surface area contributed by atoms with Crippen LogP contribution in [0.15, 0.2) is 54.9 Å². The van der Waals surface area contributed by atoms with Crippen LogP contribution in [-0.4, -0.2) is 46.7 Å². The summed E-state index contributed by atoms with van der Waals surface area (Å²) in [7, 11) is 0. The average Bonchev–Trinajstić information content (AvgIpc) is 2.78. The molecule has 1 aliphatic rings. The highest BCUT2D eigenvalue weighted by molar-refractivity contribution is 5.94. The standard InChI is InChI=1S/C22H26N4O3/c1-16(20(27)24-14-17-6-3-2-4-7-17)25-21(28)19-8-5-13-26(15-19)22(29)18-9-11-23-12-10-18/h2-4,6-7,9-12,16,19H,5,8,13-15H2,1H3,(H,24,27)(H,25,28). The van der Waals surface area contributed by atoms with Crippen LogP contribution in [0.4, 0.5) is 0 Å². The number of nitrogens with zero attached hydrogens (tertiary/aromatic N) is 2. The molecule has 1 aromatic carbocycles. The lowest BCUT2D eigenvalue weighted by Gasteiger charge is -2.32. The van der Waals surface area contributed by atoms with Crippen molar-refractivity contribution >= 4 is 17.7 Å². The van der Waals surface area contributed by atoms with Crippen LogP contribution < -0.4 is 10.6 Å². The lowest BCUT2D eigenvalue weighted by molar-refractivity contribution is -0.131. The van der Waals surface area contributed by atoms with E-state index in [2.05, 4.69) is 15.6 Å². The smallest absolute Gasteiger partial charge is 0.253 e. The molecule has 2 atom stereocenters. The fourth-order valence-electron chi connectivity index (χ4n) is 3.39. The molecule has 3 rings (SSSR count). The summed E-state index contributed by atoms with van der Waals surface area (Å²) in [5.41, 5.74) is 1.56. The van der Waals surface area contributed by atoms with Gasteiger partial charge in [-0.1, -0.05) is 30.3 Å². The highest BCUT2D eigenvalue weighted by atomic mass is 16.2. The van der Waals surface area contributed by atoms with Crippen molar-refractivity contribution in [2.45, 2.75) is 32.4 Å². The van der Waals surface area contributed by atoms with E-state index in [4.69, 9.17) is 0 Å². The van der Waals surface area contributed by atoms with Crippen LogP contribution in [0.25, 0.3) is 0 Å². The van der Waals surface area contributed by atoms with Crippen molar-refractivity contribution in [3.8, 4) is 0 Å². The zero-order valence-corrected chi connectivity index (χ0v) is 16.5. The molecule has 0 saturated carbocycles. The van der Waals surface area contributed by atoms with Gasteiger partial charge in [0.1, 0.15) is 6.04 Å². The first-order valence-corrected chi connectivity index (χ1v) is 9.86. The molecule has 7 nitrogen and oxygen atoms in total. The Kier molecular flexibility index (Phi) is 6.94. The van der Waals surface area contributed by atoms with Gasteiger partial charge in [0, 0.05) is 37.6 Å². The predicted octanol–water partition coefficient (Wildman–Crippen LogP) is 1.75. The number of hydrogen-bond acceptors (Lipinski definition) is 4. The number of carbonyl (C=O) groups excluding carboxylic acids is 3. The van der Waals surface area contributed by atoms with E-state index in [1.807, 2.05) is 30.3 Å². The Hall–Kier alpha value is -3.22. The van der Waals surface area contributed by atoms with Gasteiger partial charge in [-0.05, 0) is 37.5 Å². The van der Waals surface area contributed by atoms with E-state index in [0.717, 1.165) is 12.0 Å². The van der Waals surface area contributed by atoms with Gasteiger partial charge in [0.15, 0.2) is 0 Å². The van der Waals surface area contributed by atoms with Crippen molar-refractivity contribution in [2.24, 2.45) is 5.92 Å². The highest BCUT2D eigenvalue weighted by Gasteiger charge is 2.30. The lowest BCUT2D eigenvalue weighted by Crippen LogP contribution is -2.50. The maximum Gasteiger partial charge on any atom is 0.253 e. The van der Waals surface area contributed by atoms with Gasteiger partial charge < -0.3 is 15.5 Å². The number of hydrogen-bond donors (Lipinski definition) is 2. The molecule has 2 aromatic rings. The van der Waals surface area contributed by atoms with Crippen molar-refractivity contribution < 1.29 is 14.4 Å². The van der Waals surface area contributed by atoms with Crippen LogP contribution in [0.1, 0.15) is 35.7 Å². The number of piperidine rings is 1. The van der Waals surface area contributed by atoms with Gasteiger partial charge in [0.2, 0.25) is 11.8 Å². The number of carbonyl (C=O) groups is 3. The second-order valence-corrected chi connectivity index (χ2v) is 7.26. The van der Waals surface area contributed by atoms with Gasteiger partial charge in [-0.2, -0.15) is 0 Å². The maximum atomic E-state index is 12.7. The summed E-state index contributed by atoms with van der Waals surface area (Å²) in [6.07, 6.45) is 4.61. The number of pyridine rings is 1. The summed E-state index contributed by atoms with van der Waals surface area (Å²) >= 11 is 0. The summed E-state index contributed by atoms with van der Waals surface area (Å²) in [4.78, 5) is 43.2. The minimum absolute atomic E-state index is 0.0986. The van der Waals surface area contributed by atoms with Crippen LogP contribution in [0.3, 0.4) is 0 Å². The second-order valence-electron chi connectivity index (χ2n) is 7.26. The lowest BCUT2D eigenvalue weighted by atomic mass is 9.96. The predicted molar refractivity (Wildman–Crippen MR) is 109 cm³/mol. The summed E-state index contributed by atoms with van der Waals surface area (Å²) in [5, 5.41) is 5.62. The van der Waals surface area contributed by atoms with Crippen LogP contribution in [-0.2, 0) is 16.1 Å². The van der Waals surface area contributed by atoms with Crippen molar-refractivity contribution in [2.75, 3.05) is 13.1 Å². The fraction of sp³-hybridized carbons (Fsp3) is 0.364. The highest BCUT2D eigenvalue weighted by Crippen LogP contribution is 2.19. The molecule has 7 heteroatoms. The molecule has 2 N–H and O–H groups in total. The summed E-state index contributed by atoms with van der Waals surface area (Å²) in [6.45, 7) is 3.06. The molecule has 3 amide bonds. The average molecular weight is 394 g/mol. The van der Waals surface area contributed by atoms with Crippen molar-refractivity contribution in [1.82, 2.24) is 20.5 Å². The molecule has 2 heterocycles. The molecule has 152 valence electrons. The Morgan fingerprint density at radius 2 is 1.86 bits per heavy atom. The first-order valence-electron chi connectivity index (χ1n) is 9.86. The number of rotatable bonds is 6. The first kappa shape index (κ1) is 20.5. The third-order valence-electron chi connectivity index (χ3n) is 5.07. The topological polar surface area (TPSA) is 91.4 Å². The summed E-state index contributed by atoms with van der Waals surface area (Å²) in [6, 6.07) is 12.3. The van der Waals surface area contributed by atoms with E-state index in [1.54, 1.807) is 36.4 Å². The van der Waals surface area contributed by atoms with E-state index in [1.165, 1.54) is 0 Å². The Balaban J connectivity index is 1.50. The van der Waals surface area contributed by atoms with Crippen LogP contribution >= 0.6 is 0 Å².